The summed E-state index contributed by atoms with van der Waals surface area (Å²) in [7, 11) is 0. The van der Waals surface area contributed by atoms with Crippen LogP contribution in [0.4, 0.5) is 4.39 Å². The van der Waals surface area contributed by atoms with Crippen molar-refractivity contribution in [1.82, 2.24) is 0 Å². The first-order chi connectivity index (χ1) is 11.1. The number of benzene rings is 2. The highest BCUT2D eigenvalue weighted by atomic mass is 19.1. The molecule has 1 aliphatic carbocycles. The molecular formula is C21H25FO. The second-order valence-electron chi connectivity index (χ2n) is 6.94. The molecule has 2 heteroatoms. The molecule has 3 rings (SSSR count). The minimum absolute atomic E-state index is 0.171. The van der Waals surface area contributed by atoms with Crippen molar-refractivity contribution < 1.29 is 9.13 Å². The summed E-state index contributed by atoms with van der Waals surface area (Å²) in [5.41, 5.74) is 2.47. The second-order valence-corrected chi connectivity index (χ2v) is 6.94. The van der Waals surface area contributed by atoms with Gasteiger partial charge in [-0.1, -0.05) is 44.0 Å². The van der Waals surface area contributed by atoms with Gasteiger partial charge in [0.05, 0.1) is 6.61 Å². The SMILES string of the molecule is Cc1ccc(-c2ccc(OCC3CCC(C)CC3)cc2)c(F)c1. The normalized spacial score (nSPS) is 21.2. The van der Waals surface area contributed by atoms with E-state index in [1.165, 1.54) is 25.7 Å². The first kappa shape index (κ1) is 16.0. The fourth-order valence-electron chi connectivity index (χ4n) is 3.29. The van der Waals surface area contributed by atoms with E-state index in [0.717, 1.165) is 29.4 Å². The van der Waals surface area contributed by atoms with Gasteiger partial charge >= 0.3 is 0 Å². The van der Waals surface area contributed by atoms with Gasteiger partial charge in [0.15, 0.2) is 0 Å². The van der Waals surface area contributed by atoms with Gasteiger partial charge in [0.2, 0.25) is 0 Å². The largest absolute Gasteiger partial charge is 0.493 e. The molecule has 0 atom stereocenters. The Morgan fingerprint density at radius 2 is 1.70 bits per heavy atom. The van der Waals surface area contributed by atoms with E-state index in [2.05, 4.69) is 6.92 Å². The molecule has 2 aromatic carbocycles. The minimum Gasteiger partial charge on any atom is -0.493 e. The van der Waals surface area contributed by atoms with Gasteiger partial charge in [-0.2, -0.15) is 0 Å². The van der Waals surface area contributed by atoms with Crippen molar-refractivity contribution in [3.05, 3.63) is 53.8 Å². The van der Waals surface area contributed by atoms with E-state index in [1.54, 1.807) is 6.07 Å². The first-order valence-electron chi connectivity index (χ1n) is 8.61. The third-order valence-corrected chi connectivity index (χ3v) is 4.91. The molecule has 0 aliphatic heterocycles. The number of hydrogen-bond donors (Lipinski definition) is 0. The molecule has 0 amide bonds. The second kappa shape index (κ2) is 7.16. The predicted octanol–water partition coefficient (Wildman–Crippen LogP) is 6.01. The summed E-state index contributed by atoms with van der Waals surface area (Å²) in [6.45, 7) is 5.03. The van der Waals surface area contributed by atoms with Crippen molar-refractivity contribution >= 4 is 0 Å². The van der Waals surface area contributed by atoms with Crippen LogP contribution in [-0.4, -0.2) is 6.61 Å². The summed E-state index contributed by atoms with van der Waals surface area (Å²) in [6, 6.07) is 13.1. The van der Waals surface area contributed by atoms with Gasteiger partial charge < -0.3 is 4.74 Å². The first-order valence-corrected chi connectivity index (χ1v) is 8.61. The maximum Gasteiger partial charge on any atom is 0.131 e. The van der Waals surface area contributed by atoms with E-state index < -0.39 is 0 Å². The Hall–Kier alpha value is -1.83. The molecule has 1 saturated carbocycles. The molecule has 1 aliphatic rings. The fraction of sp³-hybridized carbons (Fsp3) is 0.429. The Morgan fingerprint density at radius 1 is 1.00 bits per heavy atom. The summed E-state index contributed by atoms with van der Waals surface area (Å²) in [5, 5.41) is 0. The topological polar surface area (TPSA) is 9.23 Å². The Morgan fingerprint density at radius 3 is 2.35 bits per heavy atom. The highest BCUT2D eigenvalue weighted by molar-refractivity contribution is 5.65. The van der Waals surface area contributed by atoms with Crippen LogP contribution in [0.15, 0.2) is 42.5 Å². The average Bonchev–Trinajstić information content (AvgIpc) is 2.55. The maximum absolute atomic E-state index is 14.0. The Labute approximate surface area is 138 Å². The van der Waals surface area contributed by atoms with Crippen molar-refractivity contribution in [2.75, 3.05) is 6.61 Å². The van der Waals surface area contributed by atoms with Crippen LogP contribution in [0.3, 0.4) is 0 Å². The number of halogens is 1. The van der Waals surface area contributed by atoms with Crippen LogP contribution in [0.5, 0.6) is 5.75 Å². The molecule has 0 bridgehead atoms. The lowest BCUT2D eigenvalue weighted by Gasteiger charge is -2.26. The molecule has 1 nitrogen and oxygen atoms in total. The molecule has 1 fully saturated rings. The fourth-order valence-corrected chi connectivity index (χ4v) is 3.29. The summed E-state index contributed by atoms with van der Waals surface area (Å²) in [5.74, 6) is 2.25. The summed E-state index contributed by atoms with van der Waals surface area (Å²) in [6.07, 6.45) is 5.18. The Kier molecular flexibility index (Phi) is 5.00. The maximum atomic E-state index is 14.0. The molecule has 0 aromatic heterocycles. The highest BCUT2D eigenvalue weighted by Crippen LogP contribution is 2.30. The lowest BCUT2D eigenvalue weighted by atomic mass is 9.83. The quantitative estimate of drug-likeness (QED) is 0.672. The van der Waals surface area contributed by atoms with Crippen LogP contribution < -0.4 is 4.74 Å². The Balaban J connectivity index is 1.61. The van der Waals surface area contributed by atoms with Crippen molar-refractivity contribution in [1.29, 1.82) is 0 Å². The van der Waals surface area contributed by atoms with Gasteiger partial charge in [-0.3, -0.25) is 0 Å². The van der Waals surface area contributed by atoms with Gasteiger partial charge in [0.25, 0.3) is 0 Å². The van der Waals surface area contributed by atoms with E-state index in [0.29, 0.717) is 11.5 Å². The van der Waals surface area contributed by atoms with E-state index in [-0.39, 0.29) is 5.82 Å². The zero-order valence-electron chi connectivity index (χ0n) is 14.0. The van der Waals surface area contributed by atoms with Crippen LogP contribution in [0.1, 0.15) is 38.2 Å². The third-order valence-electron chi connectivity index (χ3n) is 4.91. The molecule has 0 heterocycles. The zero-order valence-corrected chi connectivity index (χ0v) is 14.0. The standard InChI is InChI=1S/C21H25FO/c1-15-3-6-17(7-4-15)14-23-19-10-8-18(9-11-19)20-12-5-16(2)13-21(20)22/h5,8-13,15,17H,3-4,6-7,14H2,1-2H3. The monoisotopic (exact) mass is 312 g/mol. The molecule has 23 heavy (non-hydrogen) atoms. The number of ether oxygens (including phenoxy) is 1. The summed E-state index contributed by atoms with van der Waals surface area (Å²) >= 11 is 0. The number of aryl methyl sites for hydroxylation is 1. The third kappa shape index (κ3) is 4.13. The van der Waals surface area contributed by atoms with Crippen LogP contribution in [0, 0.1) is 24.6 Å². The van der Waals surface area contributed by atoms with E-state index >= 15 is 0 Å². The van der Waals surface area contributed by atoms with Crippen molar-refractivity contribution in [2.45, 2.75) is 39.5 Å². The summed E-state index contributed by atoms with van der Waals surface area (Å²) in [4.78, 5) is 0. The van der Waals surface area contributed by atoms with Gasteiger partial charge in [0, 0.05) is 5.56 Å². The predicted molar refractivity (Wildman–Crippen MR) is 93.2 cm³/mol. The van der Waals surface area contributed by atoms with Crippen LogP contribution in [-0.2, 0) is 0 Å². The van der Waals surface area contributed by atoms with Gasteiger partial charge in [0.1, 0.15) is 11.6 Å². The molecule has 0 spiro atoms. The average molecular weight is 312 g/mol. The van der Waals surface area contributed by atoms with Crippen LogP contribution >= 0.6 is 0 Å². The van der Waals surface area contributed by atoms with Crippen LogP contribution in [0.2, 0.25) is 0 Å². The van der Waals surface area contributed by atoms with Crippen molar-refractivity contribution in [3.8, 4) is 16.9 Å². The van der Waals surface area contributed by atoms with E-state index in [4.69, 9.17) is 4.74 Å². The molecule has 0 saturated heterocycles. The van der Waals surface area contributed by atoms with Gasteiger partial charge in [-0.05, 0) is 60.9 Å². The number of hydrogen-bond acceptors (Lipinski definition) is 1. The summed E-state index contributed by atoms with van der Waals surface area (Å²) < 4.78 is 20.0. The molecular weight excluding hydrogens is 287 g/mol. The molecule has 2 aromatic rings. The van der Waals surface area contributed by atoms with Crippen LogP contribution in [0.25, 0.3) is 11.1 Å². The smallest absolute Gasteiger partial charge is 0.131 e. The minimum atomic E-state index is -0.171. The zero-order chi connectivity index (χ0) is 16.2. The molecule has 0 N–H and O–H groups in total. The van der Waals surface area contributed by atoms with Crippen molar-refractivity contribution in [2.24, 2.45) is 11.8 Å². The van der Waals surface area contributed by atoms with Gasteiger partial charge in [-0.15, -0.1) is 0 Å². The molecule has 0 radical (unpaired) electrons. The Bertz CT molecular complexity index is 639. The lowest BCUT2D eigenvalue weighted by Crippen LogP contribution is -2.18. The van der Waals surface area contributed by atoms with Gasteiger partial charge in [-0.25, -0.2) is 4.39 Å². The molecule has 0 unspecified atom stereocenters. The lowest BCUT2D eigenvalue weighted by molar-refractivity contribution is 0.188. The number of rotatable bonds is 4. The highest BCUT2D eigenvalue weighted by Gasteiger charge is 2.18. The van der Waals surface area contributed by atoms with E-state index in [1.807, 2.05) is 43.3 Å². The molecule has 122 valence electrons. The van der Waals surface area contributed by atoms with Crippen molar-refractivity contribution in [3.63, 3.8) is 0 Å². The van der Waals surface area contributed by atoms with E-state index in [9.17, 15) is 4.39 Å².